The van der Waals surface area contributed by atoms with Crippen LogP contribution in [0.5, 0.6) is 0 Å². The third-order valence-corrected chi connectivity index (χ3v) is 3.46. The van der Waals surface area contributed by atoms with E-state index in [4.69, 9.17) is 0 Å². The Labute approximate surface area is 143 Å². The highest BCUT2D eigenvalue weighted by molar-refractivity contribution is 5.96. The molecule has 0 spiro atoms. The zero-order valence-electron chi connectivity index (χ0n) is 13.5. The summed E-state index contributed by atoms with van der Waals surface area (Å²) in [7, 11) is 0. The van der Waals surface area contributed by atoms with Crippen LogP contribution in [-0.4, -0.2) is 18.4 Å². The van der Waals surface area contributed by atoms with Crippen LogP contribution < -0.4 is 10.6 Å². The van der Waals surface area contributed by atoms with Crippen molar-refractivity contribution in [2.45, 2.75) is 19.6 Å². The third kappa shape index (κ3) is 5.63. The van der Waals surface area contributed by atoms with Crippen LogP contribution in [0.4, 0.5) is 13.2 Å². The monoisotopic (exact) mass is 350 g/mol. The largest absolute Gasteiger partial charge is 0.416 e. The third-order valence-electron chi connectivity index (χ3n) is 3.46. The van der Waals surface area contributed by atoms with E-state index < -0.39 is 17.6 Å². The molecule has 132 valence electrons. The summed E-state index contributed by atoms with van der Waals surface area (Å²) in [6, 6.07) is 11.4. The van der Waals surface area contributed by atoms with Crippen molar-refractivity contribution in [1.82, 2.24) is 10.6 Å². The van der Waals surface area contributed by atoms with E-state index in [-0.39, 0.29) is 18.0 Å². The summed E-state index contributed by atoms with van der Waals surface area (Å²) in [4.78, 5) is 23.6. The second-order valence-corrected chi connectivity index (χ2v) is 5.52. The van der Waals surface area contributed by atoms with E-state index in [1.165, 1.54) is 0 Å². The fourth-order valence-electron chi connectivity index (χ4n) is 2.16. The lowest BCUT2D eigenvalue weighted by Crippen LogP contribution is -2.36. The summed E-state index contributed by atoms with van der Waals surface area (Å²) in [5, 5.41) is 5.03. The number of amides is 2. The van der Waals surface area contributed by atoms with Gasteiger partial charge in [0.05, 0.1) is 12.1 Å². The SMILES string of the molecule is Cc1cccc(CNC(=O)CNC(=O)c2ccc(C(F)(F)F)cc2)c1. The molecule has 4 nitrogen and oxygen atoms in total. The fraction of sp³-hybridized carbons (Fsp3) is 0.222. The number of alkyl halides is 3. The van der Waals surface area contributed by atoms with Crippen molar-refractivity contribution in [3.8, 4) is 0 Å². The topological polar surface area (TPSA) is 58.2 Å². The van der Waals surface area contributed by atoms with Gasteiger partial charge < -0.3 is 10.6 Å². The van der Waals surface area contributed by atoms with Gasteiger partial charge >= 0.3 is 6.18 Å². The van der Waals surface area contributed by atoms with Gasteiger partial charge in [0, 0.05) is 12.1 Å². The van der Waals surface area contributed by atoms with Crippen LogP contribution in [0.25, 0.3) is 0 Å². The van der Waals surface area contributed by atoms with Gasteiger partial charge in [-0.3, -0.25) is 9.59 Å². The Bertz CT molecular complexity index is 756. The minimum atomic E-state index is -4.45. The lowest BCUT2D eigenvalue weighted by atomic mass is 10.1. The van der Waals surface area contributed by atoms with Gasteiger partial charge in [0.15, 0.2) is 0 Å². The molecule has 7 heteroatoms. The second-order valence-electron chi connectivity index (χ2n) is 5.52. The fourth-order valence-corrected chi connectivity index (χ4v) is 2.16. The Morgan fingerprint density at radius 2 is 1.68 bits per heavy atom. The molecule has 2 amide bonds. The first-order valence-corrected chi connectivity index (χ1v) is 7.53. The molecule has 2 rings (SSSR count). The van der Waals surface area contributed by atoms with E-state index >= 15 is 0 Å². The van der Waals surface area contributed by atoms with Crippen LogP contribution in [0.15, 0.2) is 48.5 Å². The van der Waals surface area contributed by atoms with Gasteiger partial charge in [0.25, 0.3) is 5.91 Å². The molecule has 0 atom stereocenters. The number of hydrogen-bond acceptors (Lipinski definition) is 2. The summed E-state index contributed by atoms with van der Waals surface area (Å²) in [6.07, 6.45) is -4.45. The molecule has 2 aromatic rings. The standard InChI is InChI=1S/C18H17F3N2O2/c1-12-3-2-4-13(9-12)10-22-16(24)11-23-17(25)14-5-7-15(8-6-14)18(19,20)21/h2-9H,10-11H2,1H3,(H,22,24)(H,23,25). The first-order valence-electron chi connectivity index (χ1n) is 7.53. The summed E-state index contributed by atoms with van der Waals surface area (Å²) in [5.41, 5.74) is 1.23. The van der Waals surface area contributed by atoms with Crippen LogP contribution in [0.1, 0.15) is 27.0 Å². The maximum absolute atomic E-state index is 12.5. The molecule has 2 aromatic carbocycles. The average Bonchev–Trinajstić information content (AvgIpc) is 2.57. The number of aryl methyl sites for hydroxylation is 1. The average molecular weight is 350 g/mol. The van der Waals surface area contributed by atoms with Gasteiger partial charge in [0.1, 0.15) is 0 Å². The number of hydrogen-bond donors (Lipinski definition) is 2. The second kappa shape index (κ2) is 7.83. The van der Waals surface area contributed by atoms with Crippen LogP contribution >= 0.6 is 0 Å². The Balaban J connectivity index is 1.82. The van der Waals surface area contributed by atoms with E-state index in [1.807, 2.05) is 31.2 Å². The van der Waals surface area contributed by atoms with Crippen molar-refractivity contribution >= 4 is 11.8 Å². The van der Waals surface area contributed by atoms with Crippen molar-refractivity contribution in [2.24, 2.45) is 0 Å². The van der Waals surface area contributed by atoms with Crippen molar-refractivity contribution in [3.05, 3.63) is 70.8 Å². The highest BCUT2D eigenvalue weighted by atomic mass is 19.4. The molecule has 0 unspecified atom stereocenters. The molecule has 0 fully saturated rings. The van der Waals surface area contributed by atoms with Crippen LogP contribution in [-0.2, 0) is 17.5 Å². The van der Waals surface area contributed by atoms with E-state index in [1.54, 1.807) is 0 Å². The number of rotatable bonds is 5. The molecular weight excluding hydrogens is 333 g/mol. The molecule has 0 aliphatic heterocycles. The Morgan fingerprint density at radius 3 is 2.28 bits per heavy atom. The van der Waals surface area contributed by atoms with E-state index in [0.717, 1.165) is 35.4 Å². The number of carbonyl (C=O) groups excluding carboxylic acids is 2. The van der Waals surface area contributed by atoms with Gasteiger partial charge in [-0.15, -0.1) is 0 Å². The van der Waals surface area contributed by atoms with Crippen molar-refractivity contribution in [2.75, 3.05) is 6.54 Å². The molecular formula is C18H17F3N2O2. The van der Waals surface area contributed by atoms with Gasteiger partial charge in [-0.05, 0) is 36.8 Å². The summed E-state index contributed by atoms with van der Waals surface area (Å²) in [5.74, 6) is -0.999. The number of benzene rings is 2. The molecule has 0 saturated heterocycles. The van der Waals surface area contributed by atoms with Crippen molar-refractivity contribution in [3.63, 3.8) is 0 Å². The Kier molecular flexibility index (Phi) is 5.80. The zero-order chi connectivity index (χ0) is 18.4. The van der Waals surface area contributed by atoms with Crippen molar-refractivity contribution < 1.29 is 22.8 Å². The van der Waals surface area contributed by atoms with Crippen LogP contribution in [0, 0.1) is 6.92 Å². The van der Waals surface area contributed by atoms with Gasteiger partial charge in [0.2, 0.25) is 5.91 Å². The predicted octanol–water partition coefficient (Wildman–Crippen LogP) is 3.06. The quantitative estimate of drug-likeness (QED) is 0.871. The number of halogens is 3. The highest BCUT2D eigenvalue weighted by Gasteiger charge is 2.30. The smallest absolute Gasteiger partial charge is 0.350 e. The van der Waals surface area contributed by atoms with E-state index in [9.17, 15) is 22.8 Å². The molecule has 0 aliphatic rings. The molecule has 25 heavy (non-hydrogen) atoms. The predicted molar refractivity (Wildman–Crippen MR) is 86.8 cm³/mol. The number of nitrogens with one attached hydrogen (secondary N) is 2. The Hall–Kier alpha value is -2.83. The summed E-state index contributed by atoms with van der Waals surface area (Å²) >= 11 is 0. The number of carbonyl (C=O) groups is 2. The molecule has 2 N–H and O–H groups in total. The lowest BCUT2D eigenvalue weighted by molar-refractivity contribution is -0.137. The molecule has 0 aromatic heterocycles. The first kappa shape index (κ1) is 18.5. The molecule has 0 radical (unpaired) electrons. The lowest BCUT2D eigenvalue weighted by Gasteiger charge is -2.09. The zero-order valence-corrected chi connectivity index (χ0v) is 13.5. The van der Waals surface area contributed by atoms with Gasteiger partial charge in [-0.1, -0.05) is 29.8 Å². The van der Waals surface area contributed by atoms with Crippen molar-refractivity contribution in [1.29, 1.82) is 0 Å². The highest BCUT2D eigenvalue weighted by Crippen LogP contribution is 2.29. The molecule has 0 saturated carbocycles. The van der Waals surface area contributed by atoms with E-state index in [0.29, 0.717) is 6.54 Å². The summed E-state index contributed by atoms with van der Waals surface area (Å²) in [6.45, 7) is 2.01. The molecule has 0 bridgehead atoms. The van der Waals surface area contributed by atoms with Gasteiger partial charge in [-0.25, -0.2) is 0 Å². The normalized spacial score (nSPS) is 11.0. The summed E-state index contributed by atoms with van der Waals surface area (Å²) < 4.78 is 37.4. The first-order chi connectivity index (χ1) is 11.8. The maximum Gasteiger partial charge on any atom is 0.416 e. The van der Waals surface area contributed by atoms with E-state index in [2.05, 4.69) is 10.6 Å². The maximum atomic E-state index is 12.5. The van der Waals surface area contributed by atoms with Gasteiger partial charge in [-0.2, -0.15) is 13.2 Å². The minimum absolute atomic E-state index is 0.0551. The minimum Gasteiger partial charge on any atom is -0.350 e. The molecule has 0 heterocycles. The van der Waals surface area contributed by atoms with Crippen LogP contribution in [0.2, 0.25) is 0 Å². The van der Waals surface area contributed by atoms with Crippen LogP contribution in [0.3, 0.4) is 0 Å². The Morgan fingerprint density at radius 1 is 1.00 bits per heavy atom. The molecule has 0 aliphatic carbocycles.